The highest BCUT2D eigenvalue weighted by Gasteiger charge is 2.40. The summed E-state index contributed by atoms with van der Waals surface area (Å²) in [5, 5.41) is 2.28. The van der Waals surface area contributed by atoms with Gasteiger partial charge in [-0.1, -0.05) is 0 Å². The lowest BCUT2D eigenvalue weighted by molar-refractivity contribution is -0.136. The zero-order chi connectivity index (χ0) is 15.9. The number of benzene rings is 1. The number of piperidine rings is 1. The molecule has 22 heavy (non-hydrogen) atoms. The van der Waals surface area contributed by atoms with E-state index >= 15 is 0 Å². The average molecular weight is 304 g/mol. The van der Waals surface area contributed by atoms with Crippen LogP contribution in [-0.4, -0.2) is 42.9 Å². The highest BCUT2D eigenvalue weighted by atomic mass is 16.5. The van der Waals surface area contributed by atoms with Crippen molar-refractivity contribution in [2.24, 2.45) is 0 Å². The molecule has 1 N–H and O–H groups in total. The van der Waals surface area contributed by atoms with Crippen molar-refractivity contribution in [1.29, 1.82) is 0 Å². The van der Waals surface area contributed by atoms with Crippen molar-refractivity contribution in [3.63, 3.8) is 0 Å². The quantitative estimate of drug-likeness (QED) is 0.820. The third-order valence-electron chi connectivity index (χ3n) is 4.01. The zero-order valence-corrected chi connectivity index (χ0v) is 12.3. The maximum Gasteiger partial charge on any atom is 0.258 e. The summed E-state index contributed by atoms with van der Waals surface area (Å²) in [6.07, 6.45) is 0.570. The Morgan fingerprint density at radius 3 is 2.59 bits per heavy atom. The molecule has 0 radical (unpaired) electrons. The van der Waals surface area contributed by atoms with Crippen LogP contribution < -0.4 is 14.8 Å². The molecule has 2 heterocycles. The first-order valence-corrected chi connectivity index (χ1v) is 6.94. The molecule has 116 valence electrons. The van der Waals surface area contributed by atoms with Gasteiger partial charge < -0.3 is 14.4 Å². The fourth-order valence-electron chi connectivity index (χ4n) is 2.92. The number of amides is 3. The number of nitrogens with zero attached hydrogens (tertiary/aromatic N) is 1. The predicted octanol–water partition coefficient (Wildman–Crippen LogP) is 0.465. The van der Waals surface area contributed by atoms with Gasteiger partial charge >= 0.3 is 0 Å². The Labute approximate surface area is 127 Å². The molecule has 0 saturated carbocycles. The van der Waals surface area contributed by atoms with Crippen molar-refractivity contribution in [3.05, 3.63) is 23.3 Å². The Bertz CT molecular complexity index is 670. The standard InChI is InChI=1S/C15H16N2O5/c1-21-9-5-8-7-17(10-3-4-12(18)16-14(10)19)15(20)13(8)11(6-9)22-2/h5-6,10H,3-4,7H2,1-2H3,(H,16,18,19)/t10-/m0/s1. The summed E-state index contributed by atoms with van der Waals surface area (Å²) in [6.45, 7) is 0.300. The second-order valence-electron chi connectivity index (χ2n) is 5.26. The molecular weight excluding hydrogens is 288 g/mol. The van der Waals surface area contributed by atoms with E-state index < -0.39 is 11.9 Å². The number of hydrogen-bond donors (Lipinski definition) is 1. The molecule has 1 saturated heterocycles. The van der Waals surface area contributed by atoms with Crippen LogP contribution in [0.4, 0.5) is 0 Å². The largest absolute Gasteiger partial charge is 0.497 e. The molecule has 0 unspecified atom stereocenters. The van der Waals surface area contributed by atoms with Crippen LogP contribution in [0.15, 0.2) is 12.1 Å². The fourth-order valence-corrected chi connectivity index (χ4v) is 2.92. The van der Waals surface area contributed by atoms with Crippen LogP contribution in [0.5, 0.6) is 11.5 Å². The van der Waals surface area contributed by atoms with E-state index in [4.69, 9.17) is 9.47 Å². The van der Waals surface area contributed by atoms with Crippen molar-refractivity contribution in [1.82, 2.24) is 10.2 Å². The summed E-state index contributed by atoms with van der Waals surface area (Å²) in [5.74, 6) is 0.0275. The van der Waals surface area contributed by atoms with E-state index in [1.807, 2.05) is 0 Å². The van der Waals surface area contributed by atoms with Crippen LogP contribution in [0.3, 0.4) is 0 Å². The van der Waals surface area contributed by atoms with Crippen molar-refractivity contribution < 1.29 is 23.9 Å². The van der Waals surface area contributed by atoms with Gasteiger partial charge in [0.05, 0.1) is 19.8 Å². The van der Waals surface area contributed by atoms with Crippen LogP contribution in [0.1, 0.15) is 28.8 Å². The van der Waals surface area contributed by atoms with Gasteiger partial charge in [0.1, 0.15) is 17.5 Å². The predicted molar refractivity (Wildman–Crippen MR) is 75.6 cm³/mol. The first kappa shape index (κ1) is 14.4. The number of carbonyl (C=O) groups is 3. The smallest absolute Gasteiger partial charge is 0.258 e. The Kier molecular flexibility index (Phi) is 3.48. The Morgan fingerprint density at radius 1 is 1.18 bits per heavy atom. The first-order valence-electron chi connectivity index (χ1n) is 6.94. The van der Waals surface area contributed by atoms with Crippen molar-refractivity contribution in [2.75, 3.05) is 14.2 Å². The molecule has 0 aliphatic carbocycles. The van der Waals surface area contributed by atoms with Crippen LogP contribution in [0, 0.1) is 0 Å². The lowest BCUT2D eigenvalue weighted by Gasteiger charge is -2.29. The van der Waals surface area contributed by atoms with Crippen LogP contribution >= 0.6 is 0 Å². The van der Waals surface area contributed by atoms with Crippen molar-refractivity contribution >= 4 is 17.7 Å². The van der Waals surface area contributed by atoms with Crippen molar-refractivity contribution in [2.45, 2.75) is 25.4 Å². The fraction of sp³-hybridized carbons (Fsp3) is 0.400. The van der Waals surface area contributed by atoms with Crippen LogP contribution in [-0.2, 0) is 16.1 Å². The van der Waals surface area contributed by atoms with Gasteiger partial charge in [-0.25, -0.2) is 0 Å². The molecule has 2 aliphatic heterocycles. The molecule has 0 bridgehead atoms. The molecule has 2 aliphatic rings. The molecule has 0 aromatic heterocycles. The lowest BCUT2D eigenvalue weighted by atomic mass is 10.0. The normalized spacial score (nSPS) is 20.7. The van der Waals surface area contributed by atoms with Gasteiger partial charge in [-0.2, -0.15) is 0 Å². The van der Waals surface area contributed by atoms with E-state index in [0.29, 0.717) is 30.0 Å². The second-order valence-corrected chi connectivity index (χ2v) is 5.26. The van der Waals surface area contributed by atoms with E-state index in [1.165, 1.54) is 19.1 Å². The lowest BCUT2D eigenvalue weighted by Crippen LogP contribution is -2.52. The summed E-state index contributed by atoms with van der Waals surface area (Å²) in [4.78, 5) is 37.4. The van der Waals surface area contributed by atoms with E-state index in [9.17, 15) is 14.4 Å². The van der Waals surface area contributed by atoms with E-state index in [-0.39, 0.29) is 18.2 Å². The Hall–Kier alpha value is -2.57. The number of methoxy groups -OCH3 is 2. The molecule has 3 rings (SSSR count). The minimum absolute atomic E-state index is 0.233. The number of nitrogens with one attached hydrogen (secondary N) is 1. The molecule has 1 aromatic rings. The summed E-state index contributed by atoms with van der Waals surface area (Å²) < 4.78 is 10.5. The minimum Gasteiger partial charge on any atom is -0.497 e. The van der Waals surface area contributed by atoms with Crippen LogP contribution in [0.2, 0.25) is 0 Å². The monoisotopic (exact) mass is 304 g/mol. The summed E-state index contributed by atoms with van der Waals surface area (Å²) in [5.41, 5.74) is 1.21. The number of hydrogen-bond acceptors (Lipinski definition) is 5. The summed E-state index contributed by atoms with van der Waals surface area (Å²) in [6, 6.07) is 2.78. The first-order chi connectivity index (χ1) is 10.5. The molecule has 1 atom stereocenters. The van der Waals surface area contributed by atoms with Gasteiger partial charge in [-0.3, -0.25) is 19.7 Å². The molecule has 1 aromatic carbocycles. The molecule has 0 spiro atoms. The highest BCUT2D eigenvalue weighted by Crippen LogP contribution is 2.36. The summed E-state index contributed by atoms with van der Waals surface area (Å²) in [7, 11) is 3.02. The van der Waals surface area contributed by atoms with Gasteiger partial charge in [-0.15, -0.1) is 0 Å². The maximum absolute atomic E-state index is 12.6. The second kappa shape index (κ2) is 5.32. The Morgan fingerprint density at radius 2 is 1.95 bits per heavy atom. The van der Waals surface area contributed by atoms with E-state index in [0.717, 1.165) is 5.56 Å². The number of carbonyl (C=O) groups excluding carboxylic acids is 3. The van der Waals surface area contributed by atoms with E-state index in [2.05, 4.69) is 5.32 Å². The minimum atomic E-state index is -0.631. The van der Waals surface area contributed by atoms with Gasteiger partial charge in [0, 0.05) is 19.0 Å². The van der Waals surface area contributed by atoms with E-state index in [1.54, 1.807) is 12.1 Å². The number of rotatable bonds is 3. The molecule has 3 amide bonds. The van der Waals surface area contributed by atoms with Crippen LogP contribution in [0.25, 0.3) is 0 Å². The summed E-state index contributed by atoms with van der Waals surface area (Å²) >= 11 is 0. The number of ether oxygens (including phenoxy) is 2. The Balaban J connectivity index is 1.94. The molecule has 7 nitrogen and oxygen atoms in total. The zero-order valence-electron chi connectivity index (χ0n) is 12.3. The van der Waals surface area contributed by atoms with Gasteiger partial charge in [0.15, 0.2) is 0 Å². The maximum atomic E-state index is 12.6. The number of imide groups is 1. The SMILES string of the molecule is COc1cc2c(c(OC)c1)C(=O)N([C@H]1CCC(=O)NC1=O)C2. The van der Waals surface area contributed by atoms with Gasteiger partial charge in [0.2, 0.25) is 11.8 Å². The molecular formula is C15H16N2O5. The third-order valence-corrected chi connectivity index (χ3v) is 4.01. The average Bonchev–Trinajstić information content (AvgIpc) is 2.83. The topological polar surface area (TPSA) is 84.9 Å². The number of fused-ring (bicyclic) bond motifs is 1. The molecule has 7 heteroatoms. The van der Waals surface area contributed by atoms with Gasteiger partial charge in [0.25, 0.3) is 5.91 Å². The molecule has 1 fully saturated rings. The third kappa shape index (κ3) is 2.18. The van der Waals surface area contributed by atoms with Gasteiger partial charge in [-0.05, 0) is 18.1 Å². The highest BCUT2D eigenvalue weighted by molar-refractivity contribution is 6.06. The van der Waals surface area contributed by atoms with Crippen molar-refractivity contribution in [3.8, 4) is 11.5 Å².